The van der Waals surface area contributed by atoms with Crippen molar-refractivity contribution in [3.05, 3.63) is 47.4 Å². The minimum Gasteiger partial charge on any atom is -0.504 e. The van der Waals surface area contributed by atoms with Crippen molar-refractivity contribution in [3.8, 4) is 21.9 Å². The number of amides is 1. The molecule has 0 atom stereocenters. The second kappa shape index (κ2) is 7.72. The van der Waals surface area contributed by atoms with Gasteiger partial charge in [-0.2, -0.15) is 0 Å². The predicted octanol–water partition coefficient (Wildman–Crippen LogP) is 2.93. The molecule has 5 nitrogen and oxygen atoms in total. The van der Waals surface area contributed by atoms with Crippen LogP contribution in [0.5, 0.6) is 11.5 Å². The molecule has 0 unspecified atom stereocenters. The molecule has 3 rings (SSSR count). The molecule has 0 spiro atoms. The van der Waals surface area contributed by atoms with Crippen LogP contribution in [-0.4, -0.2) is 42.2 Å². The Bertz CT molecular complexity index is 785. The lowest BCUT2D eigenvalue weighted by Crippen LogP contribution is -2.37. The van der Waals surface area contributed by atoms with Gasteiger partial charge in [0.2, 0.25) is 5.91 Å². The summed E-state index contributed by atoms with van der Waals surface area (Å²) in [6.07, 6.45) is 1.66. The van der Waals surface area contributed by atoms with Gasteiger partial charge in [0.05, 0.1) is 6.54 Å². The number of hydrogen-bond acceptors (Lipinski definition) is 5. The summed E-state index contributed by atoms with van der Waals surface area (Å²) in [5.74, 6) is 0.625. The first-order valence-corrected chi connectivity index (χ1v) is 9.04. The van der Waals surface area contributed by atoms with Gasteiger partial charge in [-0.15, -0.1) is 17.9 Å². The molecule has 2 heterocycles. The lowest BCUT2D eigenvalue weighted by atomic mass is 10.1. The molecule has 0 aliphatic carbocycles. The topological polar surface area (TPSA) is 61.8 Å². The molecule has 0 bridgehead atoms. The number of rotatable bonds is 5. The van der Waals surface area contributed by atoms with Crippen molar-refractivity contribution < 1.29 is 14.6 Å². The lowest BCUT2D eigenvalue weighted by Gasteiger charge is -2.18. The average molecular weight is 358 g/mol. The van der Waals surface area contributed by atoms with E-state index in [0.717, 1.165) is 16.0 Å². The molecule has 2 aromatic rings. The van der Waals surface area contributed by atoms with Crippen LogP contribution in [0.25, 0.3) is 10.4 Å². The highest BCUT2D eigenvalue weighted by Crippen LogP contribution is 2.39. The van der Waals surface area contributed by atoms with Crippen LogP contribution in [0.1, 0.15) is 10.4 Å². The Kier molecular flexibility index (Phi) is 5.40. The summed E-state index contributed by atoms with van der Waals surface area (Å²) in [6, 6.07) is 7.91. The van der Waals surface area contributed by atoms with E-state index >= 15 is 0 Å². The molecule has 0 saturated carbocycles. The van der Waals surface area contributed by atoms with Crippen LogP contribution < -0.4 is 10.1 Å². The van der Waals surface area contributed by atoms with Gasteiger partial charge in [-0.25, -0.2) is 0 Å². The molecule has 6 heteroatoms. The first kappa shape index (κ1) is 17.5. The smallest absolute Gasteiger partial charge is 0.234 e. The van der Waals surface area contributed by atoms with Crippen molar-refractivity contribution >= 4 is 17.2 Å². The number of benzene rings is 1. The molecule has 0 saturated heterocycles. The van der Waals surface area contributed by atoms with Crippen LogP contribution in [-0.2, 0) is 11.3 Å². The van der Waals surface area contributed by atoms with Crippen LogP contribution in [0.2, 0.25) is 0 Å². The van der Waals surface area contributed by atoms with Gasteiger partial charge in [0, 0.05) is 35.0 Å². The normalized spacial score (nSPS) is 14.3. The van der Waals surface area contributed by atoms with E-state index in [9.17, 15) is 9.90 Å². The minimum absolute atomic E-state index is 0.0439. The molecule has 1 aliphatic rings. The van der Waals surface area contributed by atoms with Crippen molar-refractivity contribution in [2.45, 2.75) is 13.5 Å². The fourth-order valence-electron chi connectivity index (χ4n) is 2.87. The number of fused-ring (bicyclic) bond motifs is 1. The zero-order chi connectivity index (χ0) is 17.8. The number of aromatic hydroxyl groups is 1. The van der Waals surface area contributed by atoms with Gasteiger partial charge in [0.25, 0.3) is 0 Å². The second-order valence-corrected chi connectivity index (χ2v) is 7.33. The van der Waals surface area contributed by atoms with Crippen molar-refractivity contribution in [1.82, 2.24) is 10.2 Å². The number of aryl methyl sites for hydroxylation is 1. The summed E-state index contributed by atoms with van der Waals surface area (Å²) in [5, 5.41) is 13.2. The number of carbonyl (C=O) groups excluding carboxylic acids is 1. The van der Waals surface area contributed by atoms with E-state index in [2.05, 4.69) is 31.0 Å². The molecule has 1 aromatic heterocycles. The Morgan fingerprint density at radius 2 is 2.32 bits per heavy atom. The fraction of sp³-hybridized carbons (Fsp3) is 0.316. The van der Waals surface area contributed by atoms with Crippen LogP contribution in [0.4, 0.5) is 0 Å². The number of phenolic OH excluding ortho intramolecular Hbond substituents is 1. The Morgan fingerprint density at radius 3 is 3.04 bits per heavy atom. The highest BCUT2D eigenvalue weighted by molar-refractivity contribution is 7.15. The molecule has 132 valence electrons. The zero-order valence-corrected chi connectivity index (χ0v) is 15.1. The van der Waals surface area contributed by atoms with E-state index in [-0.39, 0.29) is 11.7 Å². The third-order valence-corrected chi connectivity index (χ3v) is 5.08. The van der Waals surface area contributed by atoms with Crippen LogP contribution in [0.3, 0.4) is 0 Å². The standard InChI is InChI=1S/C19H22N2O3S/c1-3-6-20-18(23)12-21-7-8-24-19-15(11-21)9-14(10-16(19)22)17-5-4-13(2)25-17/h3-5,9-10,22H,1,6-8,11-12H2,2H3,(H,20,23). The number of phenols is 1. The number of hydrogen-bond donors (Lipinski definition) is 2. The summed E-state index contributed by atoms with van der Waals surface area (Å²) in [7, 11) is 0. The van der Waals surface area contributed by atoms with Gasteiger partial charge in [-0.3, -0.25) is 9.69 Å². The lowest BCUT2D eigenvalue weighted by molar-refractivity contribution is -0.122. The maximum Gasteiger partial charge on any atom is 0.234 e. The molecule has 1 amide bonds. The number of carbonyl (C=O) groups is 1. The molecule has 0 fully saturated rings. The first-order valence-electron chi connectivity index (χ1n) is 8.22. The number of nitrogens with zero attached hydrogens (tertiary/aromatic N) is 1. The fourth-order valence-corrected chi connectivity index (χ4v) is 3.72. The van der Waals surface area contributed by atoms with Gasteiger partial charge >= 0.3 is 0 Å². The minimum atomic E-state index is -0.0439. The van der Waals surface area contributed by atoms with Gasteiger partial charge in [-0.1, -0.05) is 6.08 Å². The summed E-state index contributed by atoms with van der Waals surface area (Å²) in [5.41, 5.74) is 1.87. The third-order valence-electron chi connectivity index (χ3n) is 4.03. The highest BCUT2D eigenvalue weighted by atomic mass is 32.1. The summed E-state index contributed by atoms with van der Waals surface area (Å²) >= 11 is 1.69. The largest absolute Gasteiger partial charge is 0.504 e. The van der Waals surface area contributed by atoms with Crippen molar-refractivity contribution in [2.24, 2.45) is 0 Å². The van der Waals surface area contributed by atoms with E-state index in [4.69, 9.17) is 4.74 Å². The highest BCUT2D eigenvalue weighted by Gasteiger charge is 2.21. The molecular weight excluding hydrogens is 336 g/mol. The summed E-state index contributed by atoms with van der Waals surface area (Å²) < 4.78 is 5.73. The van der Waals surface area contributed by atoms with Crippen molar-refractivity contribution in [1.29, 1.82) is 0 Å². The van der Waals surface area contributed by atoms with E-state index < -0.39 is 0 Å². The zero-order valence-electron chi connectivity index (χ0n) is 14.2. The predicted molar refractivity (Wildman–Crippen MR) is 100 cm³/mol. The van der Waals surface area contributed by atoms with Gasteiger partial charge in [-0.05, 0) is 36.8 Å². The Hall–Kier alpha value is -2.31. The Labute approximate surface area is 151 Å². The van der Waals surface area contributed by atoms with Crippen LogP contribution in [0, 0.1) is 6.92 Å². The van der Waals surface area contributed by atoms with Gasteiger partial charge in [0.1, 0.15) is 6.61 Å². The van der Waals surface area contributed by atoms with E-state index in [1.807, 2.05) is 11.0 Å². The van der Waals surface area contributed by atoms with Gasteiger partial charge in [0.15, 0.2) is 11.5 Å². The Balaban J connectivity index is 1.82. The quantitative estimate of drug-likeness (QED) is 0.807. The maximum atomic E-state index is 12.0. The molecular formula is C19H22N2O3S. The SMILES string of the molecule is C=CCNC(=O)CN1CCOc2c(O)cc(-c3ccc(C)s3)cc2C1. The summed E-state index contributed by atoms with van der Waals surface area (Å²) in [6.45, 7) is 8.03. The van der Waals surface area contributed by atoms with E-state index in [1.165, 1.54) is 4.88 Å². The Morgan fingerprint density at radius 1 is 1.48 bits per heavy atom. The molecule has 25 heavy (non-hydrogen) atoms. The average Bonchev–Trinajstić information content (AvgIpc) is 2.90. The van der Waals surface area contributed by atoms with Crippen LogP contribution in [0.15, 0.2) is 36.9 Å². The third kappa shape index (κ3) is 4.21. The monoisotopic (exact) mass is 358 g/mol. The first-order chi connectivity index (χ1) is 12.1. The molecule has 1 aliphatic heterocycles. The van der Waals surface area contributed by atoms with Gasteiger partial charge < -0.3 is 15.2 Å². The number of ether oxygens (including phenoxy) is 1. The maximum absolute atomic E-state index is 12.0. The van der Waals surface area contributed by atoms with Crippen molar-refractivity contribution in [3.63, 3.8) is 0 Å². The van der Waals surface area contributed by atoms with E-state index in [0.29, 0.717) is 38.5 Å². The van der Waals surface area contributed by atoms with Crippen molar-refractivity contribution in [2.75, 3.05) is 26.2 Å². The summed E-state index contributed by atoms with van der Waals surface area (Å²) in [4.78, 5) is 16.3. The molecule has 1 aromatic carbocycles. The molecule has 0 radical (unpaired) electrons. The second-order valence-electron chi connectivity index (χ2n) is 6.05. The molecule has 2 N–H and O–H groups in total. The van der Waals surface area contributed by atoms with Crippen LogP contribution >= 0.6 is 11.3 Å². The van der Waals surface area contributed by atoms with E-state index in [1.54, 1.807) is 23.5 Å². The number of nitrogens with one attached hydrogen (secondary N) is 1. The number of thiophene rings is 1.